The van der Waals surface area contributed by atoms with E-state index in [9.17, 15) is 22.8 Å². The number of aryl methyl sites for hydroxylation is 2. The Morgan fingerprint density at radius 1 is 1.16 bits per heavy atom. The predicted molar refractivity (Wildman–Crippen MR) is 111 cm³/mol. The fourth-order valence-corrected chi connectivity index (χ4v) is 2.81. The fraction of sp³-hybridized carbons (Fsp3) is 0.261. The molecule has 0 saturated carbocycles. The van der Waals surface area contributed by atoms with Crippen LogP contribution in [0.2, 0.25) is 0 Å². The van der Waals surface area contributed by atoms with Gasteiger partial charge in [0.1, 0.15) is 0 Å². The molecule has 168 valence electrons. The minimum absolute atomic E-state index is 0.0452. The molecule has 3 rings (SSSR count). The van der Waals surface area contributed by atoms with Crippen LogP contribution < -0.4 is 5.32 Å². The topological polar surface area (TPSA) is 81.4 Å². The zero-order valence-electron chi connectivity index (χ0n) is 17.4. The van der Waals surface area contributed by atoms with Gasteiger partial charge in [-0.15, -0.1) is 0 Å². The third-order valence-corrected chi connectivity index (χ3v) is 4.57. The molecule has 1 N–H and O–H groups in total. The van der Waals surface area contributed by atoms with Crippen LogP contribution in [0.25, 0.3) is 11.3 Å². The van der Waals surface area contributed by atoms with Crippen molar-refractivity contribution in [2.75, 3.05) is 5.32 Å². The number of esters is 1. The van der Waals surface area contributed by atoms with E-state index in [0.29, 0.717) is 11.7 Å². The Morgan fingerprint density at radius 3 is 2.56 bits per heavy atom. The highest BCUT2D eigenvalue weighted by Gasteiger charge is 2.30. The van der Waals surface area contributed by atoms with Crippen LogP contribution in [0.5, 0.6) is 0 Å². The number of nitrogens with zero attached hydrogens (tertiary/aromatic N) is 1. The molecule has 9 heteroatoms. The van der Waals surface area contributed by atoms with E-state index in [1.807, 2.05) is 31.2 Å². The van der Waals surface area contributed by atoms with Gasteiger partial charge in [0, 0.05) is 17.7 Å². The summed E-state index contributed by atoms with van der Waals surface area (Å²) in [7, 11) is 0. The van der Waals surface area contributed by atoms with Gasteiger partial charge >= 0.3 is 12.1 Å². The molecule has 0 aliphatic rings. The fourth-order valence-electron chi connectivity index (χ4n) is 2.81. The third kappa shape index (κ3) is 6.19. The Labute approximate surface area is 182 Å². The normalized spacial score (nSPS) is 12.3. The maximum atomic E-state index is 12.8. The number of carbonyl (C=O) groups excluding carboxylic acids is 2. The van der Waals surface area contributed by atoms with Crippen molar-refractivity contribution in [2.24, 2.45) is 0 Å². The highest BCUT2D eigenvalue weighted by molar-refractivity contribution is 5.95. The molecular formula is C23H21F3N2O4. The molecule has 0 aliphatic carbocycles. The first-order chi connectivity index (χ1) is 15.1. The maximum Gasteiger partial charge on any atom is 0.416 e. The van der Waals surface area contributed by atoms with Crippen LogP contribution in [0.15, 0.2) is 59.1 Å². The lowest BCUT2D eigenvalue weighted by molar-refractivity contribution is -0.153. The van der Waals surface area contributed by atoms with E-state index in [-0.39, 0.29) is 18.5 Å². The minimum atomic E-state index is -4.53. The van der Waals surface area contributed by atoms with E-state index in [2.05, 4.69) is 10.3 Å². The number of aromatic nitrogens is 1. The van der Waals surface area contributed by atoms with Gasteiger partial charge in [-0.05, 0) is 32.0 Å². The molecular weight excluding hydrogens is 425 g/mol. The molecule has 0 saturated heterocycles. The maximum absolute atomic E-state index is 12.8. The van der Waals surface area contributed by atoms with Crippen LogP contribution in [0.1, 0.15) is 30.4 Å². The molecule has 1 aromatic heterocycles. The molecule has 0 unspecified atom stereocenters. The van der Waals surface area contributed by atoms with Crippen molar-refractivity contribution in [3.63, 3.8) is 0 Å². The van der Waals surface area contributed by atoms with Crippen LogP contribution in [-0.4, -0.2) is 23.0 Å². The quantitative estimate of drug-likeness (QED) is 0.507. The minimum Gasteiger partial charge on any atom is -0.453 e. The summed E-state index contributed by atoms with van der Waals surface area (Å²) in [6.07, 6.45) is -4.05. The predicted octanol–water partition coefficient (Wildman–Crippen LogP) is 5.17. The third-order valence-electron chi connectivity index (χ3n) is 4.57. The van der Waals surface area contributed by atoms with Crippen LogP contribution >= 0.6 is 0 Å². The lowest BCUT2D eigenvalue weighted by Gasteiger charge is -2.14. The second-order valence-electron chi connectivity index (χ2n) is 7.18. The van der Waals surface area contributed by atoms with Gasteiger partial charge in [0.2, 0.25) is 0 Å². The van der Waals surface area contributed by atoms with Crippen molar-refractivity contribution in [1.29, 1.82) is 0 Å². The number of anilines is 1. The standard InChI is InChI=1S/C23H21F3N2O4/c1-14-6-8-16(9-7-14)19-13-27-20(32-19)10-11-21(29)31-15(2)22(30)28-18-5-3-4-17(12-18)23(24,25)26/h3-9,12-13,15H,10-11H2,1-2H3,(H,28,30)/t15-/m0/s1. The number of amides is 1. The van der Waals surface area contributed by atoms with Crippen molar-refractivity contribution >= 4 is 17.6 Å². The highest BCUT2D eigenvalue weighted by atomic mass is 19.4. The van der Waals surface area contributed by atoms with E-state index < -0.39 is 29.7 Å². The smallest absolute Gasteiger partial charge is 0.416 e. The molecule has 1 heterocycles. The van der Waals surface area contributed by atoms with Gasteiger partial charge < -0.3 is 14.5 Å². The summed E-state index contributed by atoms with van der Waals surface area (Å²) in [5.41, 5.74) is 1.03. The van der Waals surface area contributed by atoms with E-state index in [1.165, 1.54) is 19.1 Å². The summed E-state index contributed by atoms with van der Waals surface area (Å²) in [6.45, 7) is 3.31. The van der Waals surface area contributed by atoms with Gasteiger partial charge in [-0.25, -0.2) is 4.98 Å². The molecule has 0 radical (unpaired) electrons. The van der Waals surface area contributed by atoms with Gasteiger partial charge in [0.05, 0.1) is 18.2 Å². The summed E-state index contributed by atoms with van der Waals surface area (Å²) in [6, 6.07) is 11.9. The van der Waals surface area contributed by atoms with Gasteiger partial charge in [0.15, 0.2) is 17.8 Å². The zero-order valence-corrected chi connectivity index (χ0v) is 17.4. The van der Waals surface area contributed by atoms with Crippen molar-refractivity contribution in [3.8, 4) is 11.3 Å². The molecule has 0 spiro atoms. The van der Waals surface area contributed by atoms with Crippen LogP contribution in [0.4, 0.5) is 18.9 Å². The number of ether oxygens (including phenoxy) is 1. The van der Waals surface area contributed by atoms with Crippen molar-refractivity contribution < 1.29 is 31.9 Å². The van der Waals surface area contributed by atoms with Crippen LogP contribution in [0.3, 0.4) is 0 Å². The molecule has 32 heavy (non-hydrogen) atoms. The molecule has 1 atom stereocenters. The van der Waals surface area contributed by atoms with Gasteiger partial charge in [-0.1, -0.05) is 35.9 Å². The monoisotopic (exact) mass is 446 g/mol. The molecule has 0 fully saturated rings. The molecule has 2 aromatic carbocycles. The van der Waals surface area contributed by atoms with Gasteiger partial charge in [-0.3, -0.25) is 9.59 Å². The van der Waals surface area contributed by atoms with E-state index >= 15 is 0 Å². The number of carbonyl (C=O) groups is 2. The first-order valence-corrected chi connectivity index (χ1v) is 9.81. The number of oxazole rings is 1. The molecule has 0 bridgehead atoms. The van der Waals surface area contributed by atoms with Crippen LogP contribution in [-0.2, 0) is 26.9 Å². The Morgan fingerprint density at radius 2 is 1.88 bits per heavy atom. The van der Waals surface area contributed by atoms with Crippen molar-refractivity contribution in [3.05, 3.63) is 71.7 Å². The van der Waals surface area contributed by atoms with E-state index in [0.717, 1.165) is 23.3 Å². The Hall–Kier alpha value is -3.62. The average Bonchev–Trinajstić information content (AvgIpc) is 3.21. The largest absolute Gasteiger partial charge is 0.453 e. The molecule has 3 aromatic rings. The second kappa shape index (κ2) is 9.67. The lowest BCUT2D eigenvalue weighted by Crippen LogP contribution is -2.30. The number of alkyl halides is 3. The number of nitrogens with one attached hydrogen (secondary N) is 1. The molecule has 6 nitrogen and oxygen atoms in total. The summed E-state index contributed by atoms with van der Waals surface area (Å²) in [5.74, 6) is -0.483. The van der Waals surface area contributed by atoms with Crippen molar-refractivity contribution in [2.45, 2.75) is 39.0 Å². The summed E-state index contributed by atoms with van der Waals surface area (Å²) < 4.78 is 49.0. The van der Waals surface area contributed by atoms with Crippen molar-refractivity contribution in [1.82, 2.24) is 4.98 Å². The number of hydrogen-bond donors (Lipinski definition) is 1. The first kappa shape index (κ1) is 23.1. The lowest BCUT2D eigenvalue weighted by atomic mass is 10.1. The second-order valence-corrected chi connectivity index (χ2v) is 7.18. The Bertz CT molecular complexity index is 1090. The van der Waals surface area contributed by atoms with Gasteiger partial charge in [0.25, 0.3) is 5.91 Å². The number of hydrogen-bond acceptors (Lipinski definition) is 5. The zero-order chi connectivity index (χ0) is 23.3. The highest BCUT2D eigenvalue weighted by Crippen LogP contribution is 2.30. The summed E-state index contributed by atoms with van der Waals surface area (Å²) in [4.78, 5) is 28.4. The number of rotatable bonds is 7. The summed E-state index contributed by atoms with van der Waals surface area (Å²) >= 11 is 0. The Kier molecular flexibility index (Phi) is 6.97. The van der Waals surface area contributed by atoms with Crippen LogP contribution in [0, 0.1) is 6.92 Å². The average molecular weight is 446 g/mol. The Balaban J connectivity index is 1.49. The first-order valence-electron chi connectivity index (χ1n) is 9.81. The number of halogens is 3. The molecule has 0 aliphatic heterocycles. The SMILES string of the molecule is Cc1ccc(-c2cnc(CCC(=O)O[C@@H](C)C(=O)Nc3cccc(C(F)(F)F)c3)o2)cc1. The van der Waals surface area contributed by atoms with E-state index in [1.54, 1.807) is 6.20 Å². The number of benzene rings is 2. The molecule has 1 amide bonds. The van der Waals surface area contributed by atoms with Gasteiger partial charge in [-0.2, -0.15) is 13.2 Å². The summed E-state index contributed by atoms with van der Waals surface area (Å²) in [5, 5.41) is 2.31. The van der Waals surface area contributed by atoms with E-state index in [4.69, 9.17) is 9.15 Å².